The zero-order chi connectivity index (χ0) is 23.5. The van der Waals surface area contributed by atoms with Gasteiger partial charge in [0.15, 0.2) is 0 Å². The van der Waals surface area contributed by atoms with Crippen LogP contribution in [0.3, 0.4) is 0 Å². The van der Waals surface area contributed by atoms with Crippen molar-refractivity contribution in [2.24, 2.45) is 50.2 Å². The lowest BCUT2D eigenvalue weighted by atomic mass is 9.33. The molecule has 0 saturated heterocycles. The highest BCUT2D eigenvalue weighted by molar-refractivity contribution is 5.85. The Morgan fingerprint density at radius 1 is 0.875 bits per heavy atom. The summed E-state index contributed by atoms with van der Waals surface area (Å²) in [5.74, 6) is 2.29. The maximum Gasteiger partial charge on any atom is 0.138 e. The maximum absolute atomic E-state index is 12.9. The Balaban J connectivity index is 1.58. The van der Waals surface area contributed by atoms with E-state index in [-0.39, 0.29) is 33.2 Å². The van der Waals surface area contributed by atoms with E-state index in [1.54, 1.807) is 5.57 Å². The second-order valence-electron chi connectivity index (χ2n) is 15.1. The summed E-state index contributed by atoms with van der Waals surface area (Å²) in [7, 11) is 0. The molecular formula is C30H48O2. The number of hydrogen-bond acceptors (Lipinski definition) is 2. The average Bonchev–Trinajstić information content (AvgIpc) is 2.68. The smallest absolute Gasteiger partial charge is 0.138 e. The van der Waals surface area contributed by atoms with Crippen LogP contribution in [0.5, 0.6) is 0 Å². The third-order valence-corrected chi connectivity index (χ3v) is 13.0. The summed E-state index contributed by atoms with van der Waals surface area (Å²) in [4.78, 5) is 12.9. The zero-order valence-corrected chi connectivity index (χ0v) is 22.1. The van der Waals surface area contributed by atoms with Crippen LogP contribution >= 0.6 is 0 Å². The molecular weight excluding hydrogens is 392 g/mol. The largest absolute Gasteiger partial charge is 0.393 e. The van der Waals surface area contributed by atoms with E-state index in [2.05, 4.69) is 61.5 Å². The molecule has 180 valence electrons. The fourth-order valence-corrected chi connectivity index (χ4v) is 10.4. The molecule has 32 heavy (non-hydrogen) atoms. The van der Waals surface area contributed by atoms with Crippen molar-refractivity contribution >= 4 is 5.78 Å². The lowest BCUT2D eigenvalue weighted by Gasteiger charge is -2.71. The highest BCUT2D eigenvalue weighted by atomic mass is 16.3. The Kier molecular flexibility index (Phi) is 4.71. The maximum atomic E-state index is 12.9. The van der Waals surface area contributed by atoms with Gasteiger partial charge in [-0.3, -0.25) is 4.79 Å². The van der Waals surface area contributed by atoms with Crippen molar-refractivity contribution in [1.82, 2.24) is 0 Å². The Labute approximate surface area is 197 Å². The molecule has 0 aromatic heterocycles. The normalized spacial score (nSPS) is 53.9. The van der Waals surface area contributed by atoms with E-state index in [4.69, 9.17) is 0 Å². The first-order valence-corrected chi connectivity index (χ1v) is 13.5. The first kappa shape index (κ1) is 23.1. The molecule has 4 saturated carbocycles. The van der Waals surface area contributed by atoms with Gasteiger partial charge in [0.05, 0.1) is 6.10 Å². The van der Waals surface area contributed by atoms with Crippen LogP contribution < -0.4 is 0 Å². The summed E-state index contributed by atoms with van der Waals surface area (Å²) in [5.41, 5.74) is 2.63. The minimum absolute atomic E-state index is 0.00157. The predicted molar refractivity (Wildman–Crippen MR) is 131 cm³/mol. The van der Waals surface area contributed by atoms with Crippen molar-refractivity contribution in [1.29, 1.82) is 0 Å². The van der Waals surface area contributed by atoms with E-state index in [0.29, 0.717) is 29.0 Å². The third kappa shape index (κ3) is 2.65. The molecule has 5 rings (SSSR count). The molecule has 0 aromatic carbocycles. The van der Waals surface area contributed by atoms with E-state index in [1.165, 1.54) is 32.1 Å². The molecule has 2 nitrogen and oxygen atoms in total. The molecule has 0 bridgehead atoms. The van der Waals surface area contributed by atoms with Crippen molar-refractivity contribution in [3.8, 4) is 0 Å². The molecule has 0 spiro atoms. The van der Waals surface area contributed by atoms with Crippen LogP contribution in [0, 0.1) is 50.2 Å². The molecule has 0 aromatic rings. The van der Waals surface area contributed by atoms with Gasteiger partial charge < -0.3 is 5.11 Å². The van der Waals surface area contributed by atoms with E-state index < -0.39 is 0 Å². The zero-order valence-electron chi connectivity index (χ0n) is 22.1. The van der Waals surface area contributed by atoms with Crippen molar-refractivity contribution in [2.75, 3.05) is 0 Å². The van der Waals surface area contributed by atoms with Gasteiger partial charge in [0.25, 0.3) is 0 Å². The number of carbonyl (C=O) groups excluding carboxylic acids is 1. The van der Waals surface area contributed by atoms with Gasteiger partial charge in [0.2, 0.25) is 0 Å². The van der Waals surface area contributed by atoms with Gasteiger partial charge in [-0.25, -0.2) is 0 Å². The molecule has 5 aliphatic carbocycles. The lowest BCUT2D eigenvalue weighted by molar-refractivity contribution is -0.187. The third-order valence-electron chi connectivity index (χ3n) is 13.0. The average molecular weight is 441 g/mol. The summed E-state index contributed by atoms with van der Waals surface area (Å²) in [6.45, 7) is 19.3. The van der Waals surface area contributed by atoms with Gasteiger partial charge in [-0.2, -0.15) is 0 Å². The van der Waals surface area contributed by atoms with Gasteiger partial charge in [0, 0.05) is 11.8 Å². The molecule has 4 fully saturated rings. The minimum Gasteiger partial charge on any atom is -0.393 e. The van der Waals surface area contributed by atoms with Gasteiger partial charge in [-0.05, 0) is 96.2 Å². The van der Waals surface area contributed by atoms with E-state index in [0.717, 1.165) is 25.7 Å². The molecule has 0 amide bonds. The van der Waals surface area contributed by atoms with Gasteiger partial charge >= 0.3 is 0 Å². The van der Waals surface area contributed by atoms with Gasteiger partial charge in [0.1, 0.15) is 5.78 Å². The van der Waals surface area contributed by atoms with E-state index in [9.17, 15) is 9.90 Å². The number of Topliss-reactive ketones (excluding diaryl/α,β-unsaturated/α-hetero) is 1. The van der Waals surface area contributed by atoms with Crippen LogP contribution in [0.2, 0.25) is 0 Å². The van der Waals surface area contributed by atoms with E-state index in [1.807, 2.05) is 0 Å². The highest BCUT2D eigenvalue weighted by Gasteiger charge is 2.68. The monoisotopic (exact) mass is 440 g/mol. The van der Waals surface area contributed by atoms with Crippen LogP contribution in [0.25, 0.3) is 0 Å². The van der Waals surface area contributed by atoms with Crippen molar-refractivity contribution in [3.05, 3.63) is 11.6 Å². The standard InChI is InChI=1S/C30H48O2/c1-25(2)17-20-19-9-10-22-28(6)13-12-23(31)26(3,4)21(28)11-14-30(22,8)29(19,7)16-15-27(20,5)18-24(25)32/h9,20-22,24,32H,10-18H2,1-8H3/t20-,21-,22+,24-,27-,28-,29+,30+/m0/s1. The quantitative estimate of drug-likeness (QED) is 0.400. The summed E-state index contributed by atoms with van der Waals surface area (Å²) < 4.78 is 0. The first-order valence-electron chi connectivity index (χ1n) is 13.5. The van der Waals surface area contributed by atoms with Crippen LogP contribution in [0.1, 0.15) is 113 Å². The Morgan fingerprint density at radius 3 is 2.25 bits per heavy atom. The SMILES string of the molecule is CC1(C)C[C@H]2C3=CC[C@@H]4[C@@]5(C)CCC(=O)C(C)(C)[C@@H]5CC[C@@]4(C)[C@]3(C)CC[C@@]2(C)C[C@@H]1O. The second kappa shape index (κ2) is 6.52. The fourth-order valence-electron chi connectivity index (χ4n) is 10.4. The number of carbonyl (C=O) groups is 1. The van der Waals surface area contributed by atoms with Crippen LogP contribution in [-0.2, 0) is 4.79 Å². The molecule has 5 aliphatic rings. The number of fused-ring (bicyclic) bond motifs is 7. The summed E-state index contributed by atoms with van der Waals surface area (Å²) in [6.07, 6.45) is 12.6. The Morgan fingerprint density at radius 2 is 1.56 bits per heavy atom. The lowest BCUT2D eigenvalue weighted by Crippen LogP contribution is -2.64. The molecule has 2 heteroatoms. The minimum atomic E-state index is -0.183. The van der Waals surface area contributed by atoms with Gasteiger partial charge in [-0.15, -0.1) is 0 Å². The molecule has 0 radical (unpaired) electrons. The topological polar surface area (TPSA) is 37.3 Å². The number of allylic oxidation sites excluding steroid dienone is 2. The van der Waals surface area contributed by atoms with Crippen LogP contribution in [0.15, 0.2) is 11.6 Å². The van der Waals surface area contributed by atoms with Gasteiger partial charge in [-0.1, -0.05) is 67.0 Å². The molecule has 1 N–H and O–H groups in total. The molecule has 0 aliphatic heterocycles. The Bertz CT molecular complexity index is 866. The fraction of sp³-hybridized carbons (Fsp3) is 0.900. The highest BCUT2D eigenvalue weighted by Crippen LogP contribution is 2.75. The molecule has 0 heterocycles. The van der Waals surface area contributed by atoms with Crippen molar-refractivity contribution in [3.63, 3.8) is 0 Å². The summed E-state index contributed by atoms with van der Waals surface area (Å²) in [5, 5.41) is 10.9. The number of aliphatic hydroxyl groups excluding tert-OH is 1. The van der Waals surface area contributed by atoms with Crippen LogP contribution in [-0.4, -0.2) is 17.0 Å². The number of ketones is 1. The van der Waals surface area contributed by atoms with Crippen LogP contribution in [0.4, 0.5) is 0 Å². The summed E-state index contributed by atoms with van der Waals surface area (Å²) >= 11 is 0. The second-order valence-corrected chi connectivity index (χ2v) is 15.1. The molecule has 0 unspecified atom stereocenters. The first-order chi connectivity index (χ1) is 14.6. The number of rotatable bonds is 0. The number of aliphatic hydroxyl groups is 1. The van der Waals surface area contributed by atoms with Crippen molar-refractivity contribution < 1.29 is 9.90 Å². The predicted octanol–water partition coefficient (Wildman–Crippen LogP) is 7.35. The Hall–Kier alpha value is -0.630. The van der Waals surface area contributed by atoms with Crippen molar-refractivity contribution in [2.45, 2.75) is 119 Å². The number of hydrogen-bond donors (Lipinski definition) is 1. The summed E-state index contributed by atoms with van der Waals surface area (Å²) in [6, 6.07) is 0. The van der Waals surface area contributed by atoms with E-state index >= 15 is 0 Å². The molecule has 8 atom stereocenters.